The largest absolute Gasteiger partial charge is 0.393 e. The highest BCUT2D eigenvalue weighted by Gasteiger charge is 2.29. The Morgan fingerprint density at radius 2 is 1.61 bits per heavy atom. The van der Waals surface area contributed by atoms with Gasteiger partial charge in [-0.2, -0.15) is 0 Å². The Hall–Kier alpha value is -0.120. The molecule has 0 saturated heterocycles. The molecule has 1 saturated carbocycles. The Labute approximate surface area is 112 Å². The summed E-state index contributed by atoms with van der Waals surface area (Å²) in [5.74, 6) is 1.59. The predicted molar refractivity (Wildman–Crippen MR) is 75.5 cm³/mol. The van der Waals surface area contributed by atoms with Gasteiger partial charge in [0.1, 0.15) is 0 Å². The van der Waals surface area contributed by atoms with Gasteiger partial charge in [-0.25, -0.2) is 0 Å². The highest BCUT2D eigenvalue weighted by atomic mass is 16.3. The van der Waals surface area contributed by atoms with Gasteiger partial charge in [-0.05, 0) is 56.4 Å². The third kappa shape index (κ3) is 5.25. The molecule has 108 valence electrons. The van der Waals surface area contributed by atoms with Crippen LogP contribution in [-0.2, 0) is 0 Å². The standard InChI is InChI=1S/C15H31NO2/c1-14(2,3)13-7-5-12(6-8-13)9-16-10-15(4,18)11-17/h12-13,16-18H,5-11H2,1-4H3. The maximum atomic E-state index is 9.69. The summed E-state index contributed by atoms with van der Waals surface area (Å²) in [6, 6.07) is 0. The molecule has 0 radical (unpaired) electrons. The van der Waals surface area contributed by atoms with Gasteiger partial charge in [0, 0.05) is 6.54 Å². The molecule has 0 aromatic rings. The van der Waals surface area contributed by atoms with Crippen molar-refractivity contribution in [2.45, 2.75) is 59.0 Å². The Balaban J connectivity index is 2.20. The molecule has 1 fully saturated rings. The molecule has 0 bridgehead atoms. The summed E-state index contributed by atoms with van der Waals surface area (Å²) in [6.07, 6.45) is 5.23. The lowest BCUT2D eigenvalue weighted by atomic mass is 9.70. The molecule has 0 spiro atoms. The minimum absolute atomic E-state index is 0.184. The normalized spacial score (nSPS) is 29.0. The first-order valence-electron chi connectivity index (χ1n) is 7.28. The fraction of sp³-hybridized carbons (Fsp3) is 1.00. The molecule has 1 aliphatic carbocycles. The van der Waals surface area contributed by atoms with Crippen LogP contribution in [0.3, 0.4) is 0 Å². The summed E-state index contributed by atoms with van der Waals surface area (Å²) < 4.78 is 0. The second kappa shape index (κ2) is 6.36. The zero-order chi connectivity index (χ0) is 13.8. The lowest BCUT2D eigenvalue weighted by molar-refractivity contribution is 0.00166. The summed E-state index contributed by atoms with van der Waals surface area (Å²) in [4.78, 5) is 0. The highest BCUT2D eigenvalue weighted by Crippen LogP contribution is 2.39. The SMILES string of the molecule is CC(O)(CO)CNCC1CCC(C(C)(C)C)CC1. The zero-order valence-electron chi connectivity index (χ0n) is 12.5. The predicted octanol–water partition coefficient (Wildman–Crippen LogP) is 2.17. The van der Waals surface area contributed by atoms with Crippen LogP contribution in [0.4, 0.5) is 0 Å². The number of aliphatic hydroxyl groups excluding tert-OH is 1. The van der Waals surface area contributed by atoms with Crippen LogP contribution in [0.5, 0.6) is 0 Å². The maximum absolute atomic E-state index is 9.69. The summed E-state index contributed by atoms with van der Waals surface area (Å²) in [5.41, 5.74) is -0.540. The highest BCUT2D eigenvalue weighted by molar-refractivity contribution is 4.82. The van der Waals surface area contributed by atoms with Crippen LogP contribution in [0.2, 0.25) is 0 Å². The molecule has 1 aliphatic rings. The molecule has 0 aliphatic heterocycles. The molecule has 18 heavy (non-hydrogen) atoms. The Bertz CT molecular complexity index is 237. The fourth-order valence-electron chi connectivity index (χ4n) is 2.83. The number of rotatable bonds is 5. The van der Waals surface area contributed by atoms with Crippen molar-refractivity contribution in [3.05, 3.63) is 0 Å². The van der Waals surface area contributed by atoms with Crippen molar-refractivity contribution in [3.8, 4) is 0 Å². The van der Waals surface area contributed by atoms with Crippen LogP contribution in [-0.4, -0.2) is 35.5 Å². The van der Waals surface area contributed by atoms with Crippen molar-refractivity contribution in [2.24, 2.45) is 17.3 Å². The van der Waals surface area contributed by atoms with Gasteiger partial charge >= 0.3 is 0 Å². The quantitative estimate of drug-likeness (QED) is 0.707. The van der Waals surface area contributed by atoms with Crippen molar-refractivity contribution in [3.63, 3.8) is 0 Å². The van der Waals surface area contributed by atoms with E-state index in [0.717, 1.165) is 18.4 Å². The van der Waals surface area contributed by atoms with Crippen LogP contribution in [0.15, 0.2) is 0 Å². The van der Waals surface area contributed by atoms with E-state index in [1.54, 1.807) is 6.92 Å². The van der Waals surface area contributed by atoms with E-state index in [2.05, 4.69) is 26.1 Å². The van der Waals surface area contributed by atoms with Crippen LogP contribution in [0.1, 0.15) is 53.4 Å². The van der Waals surface area contributed by atoms with E-state index in [1.165, 1.54) is 25.7 Å². The van der Waals surface area contributed by atoms with E-state index in [0.29, 0.717) is 12.0 Å². The van der Waals surface area contributed by atoms with E-state index in [4.69, 9.17) is 5.11 Å². The van der Waals surface area contributed by atoms with E-state index in [9.17, 15) is 5.11 Å². The second-order valence-corrected chi connectivity index (χ2v) is 7.37. The van der Waals surface area contributed by atoms with E-state index in [-0.39, 0.29) is 6.61 Å². The lowest BCUT2D eigenvalue weighted by Crippen LogP contribution is -2.43. The van der Waals surface area contributed by atoms with Crippen molar-refractivity contribution < 1.29 is 10.2 Å². The molecular weight excluding hydrogens is 226 g/mol. The van der Waals surface area contributed by atoms with Crippen LogP contribution >= 0.6 is 0 Å². The van der Waals surface area contributed by atoms with Crippen molar-refractivity contribution >= 4 is 0 Å². The molecule has 0 aromatic heterocycles. The summed E-state index contributed by atoms with van der Waals surface area (Å²) in [6.45, 7) is 9.95. The maximum Gasteiger partial charge on any atom is 0.0972 e. The molecule has 1 rings (SSSR count). The van der Waals surface area contributed by atoms with E-state index < -0.39 is 5.60 Å². The van der Waals surface area contributed by atoms with Gasteiger partial charge in [-0.3, -0.25) is 0 Å². The number of aliphatic hydroxyl groups is 2. The first-order valence-corrected chi connectivity index (χ1v) is 7.28. The average Bonchev–Trinajstić information content (AvgIpc) is 2.28. The fourth-order valence-corrected chi connectivity index (χ4v) is 2.83. The molecule has 0 heterocycles. The number of hydrogen-bond acceptors (Lipinski definition) is 3. The molecule has 1 unspecified atom stereocenters. The van der Waals surface area contributed by atoms with Crippen LogP contribution < -0.4 is 5.32 Å². The monoisotopic (exact) mass is 257 g/mol. The summed E-state index contributed by atoms with van der Waals surface area (Å²) >= 11 is 0. The minimum atomic E-state index is -0.984. The summed E-state index contributed by atoms with van der Waals surface area (Å²) in [5, 5.41) is 21.9. The van der Waals surface area contributed by atoms with Gasteiger partial charge in [0.2, 0.25) is 0 Å². The molecule has 3 N–H and O–H groups in total. The Morgan fingerprint density at radius 3 is 2.06 bits per heavy atom. The minimum Gasteiger partial charge on any atom is -0.393 e. The first-order chi connectivity index (χ1) is 8.24. The van der Waals surface area contributed by atoms with Crippen LogP contribution in [0.25, 0.3) is 0 Å². The van der Waals surface area contributed by atoms with Gasteiger partial charge in [0.05, 0.1) is 12.2 Å². The molecule has 3 heteroatoms. The third-order valence-corrected chi connectivity index (χ3v) is 4.35. The average molecular weight is 257 g/mol. The summed E-state index contributed by atoms with van der Waals surface area (Å²) in [7, 11) is 0. The first kappa shape index (κ1) is 15.9. The van der Waals surface area contributed by atoms with Gasteiger partial charge < -0.3 is 15.5 Å². The third-order valence-electron chi connectivity index (χ3n) is 4.35. The molecule has 0 amide bonds. The van der Waals surface area contributed by atoms with E-state index >= 15 is 0 Å². The van der Waals surface area contributed by atoms with Crippen LogP contribution in [0, 0.1) is 17.3 Å². The second-order valence-electron chi connectivity index (χ2n) is 7.37. The molecule has 1 atom stereocenters. The smallest absolute Gasteiger partial charge is 0.0972 e. The lowest BCUT2D eigenvalue weighted by Gasteiger charge is -2.37. The van der Waals surface area contributed by atoms with Crippen molar-refractivity contribution in [2.75, 3.05) is 19.7 Å². The molecular formula is C15H31NO2. The molecule has 3 nitrogen and oxygen atoms in total. The van der Waals surface area contributed by atoms with Crippen molar-refractivity contribution in [1.29, 1.82) is 0 Å². The zero-order valence-corrected chi connectivity index (χ0v) is 12.5. The topological polar surface area (TPSA) is 52.5 Å². The van der Waals surface area contributed by atoms with E-state index in [1.807, 2.05) is 0 Å². The number of hydrogen-bond donors (Lipinski definition) is 3. The van der Waals surface area contributed by atoms with Gasteiger partial charge in [-0.15, -0.1) is 0 Å². The Morgan fingerprint density at radius 1 is 1.06 bits per heavy atom. The molecule has 0 aromatic carbocycles. The number of nitrogens with one attached hydrogen (secondary N) is 1. The van der Waals surface area contributed by atoms with Gasteiger partial charge in [0.25, 0.3) is 0 Å². The van der Waals surface area contributed by atoms with Crippen molar-refractivity contribution in [1.82, 2.24) is 5.32 Å². The van der Waals surface area contributed by atoms with Gasteiger partial charge in [-0.1, -0.05) is 20.8 Å². The van der Waals surface area contributed by atoms with Gasteiger partial charge in [0.15, 0.2) is 0 Å². The Kier molecular flexibility index (Phi) is 5.63.